The van der Waals surface area contributed by atoms with Crippen molar-refractivity contribution in [1.29, 1.82) is 5.26 Å². The van der Waals surface area contributed by atoms with Crippen LogP contribution in [0, 0.1) is 11.3 Å². The number of hydrogen-bond donors (Lipinski definition) is 8. The van der Waals surface area contributed by atoms with Gasteiger partial charge in [-0.15, -0.1) is 0 Å². The van der Waals surface area contributed by atoms with Gasteiger partial charge in [0.25, 0.3) is 17.7 Å². The molecule has 6 amide bonds. The van der Waals surface area contributed by atoms with Crippen molar-refractivity contribution in [1.82, 2.24) is 5.32 Å². The van der Waals surface area contributed by atoms with Gasteiger partial charge in [0.05, 0.1) is 47.4 Å². The lowest BCUT2D eigenvalue weighted by Crippen LogP contribution is -2.46. The highest BCUT2D eigenvalue weighted by atomic mass is 16.5. The van der Waals surface area contributed by atoms with Crippen LogP contribution in [-0.4, -0.2) is 63.8 Å². The molecule has 0 unspecified atom stereocenters. The number of aromatic carboxylic acids is 1. The first-order chi connectivity index (χ1) is 29.1. The van der Waals surface area contributed by atoms with Gasteiger partial charge in [-0.2, -0.15) is 5.26 Å². The normalized spacial score (nSPS) is 11.0. The molecule has 17 heteroatoms. The van der Waals surface area contributed by atoms with E-state index >= 15 is 0 Å². The van der Waals surface area contributed by atoms with E-state index in [4.69, 9.17) is 20.8 Å². The summed E-state index contributed by atoms with van der Waals surface area (Å²) >= 11 is 0. The lowest BCUT2D eigenvalue weighted by Gasteiger charge is -2.19. The number of nitrogens with zero attached hydrogens (tertiary/aromatic N) is 1. The van der Waals surface area contributed by atoms with E-state index < -0.39 is 59.8 Å². The first-order valence-corrected chi connectivity index (χ1v) is 18.5. The standard InChI is InChI=1S/C44H39N7O10/c1-24(2)61-39-34(20-19-33(38(39)54)42(57)48-31-17-11-29(12-18-31)44(59)60)50-40(55)27-9-15-32(16-10-27)49-43(58)35(22-36(46)52)51-41(56)28-7-13-30(14-8-28)47-37(53)21-25-3-5-26(23-45)6-4-25/h3-20,24,35,54H,21-22H2,1-2H3,(H2,46,52)(H,47,53)(H,48,57)(H,49,58)(H,50,55)(H,51,56)(H,59,60)/t35-/m0/s1. The minimum Gasteiger partial charge on any atom is -0.504 e. The number of hydrogen-bond acceptors (Lipinski definition) is 10. The SMILES string of the molecule is CC(C)Oc1c(NC(=O)c2ccc(NC(=O)[C@H](CC(N)=O)NC(=O)c3ccc(NC(=O)Cc4ccc(C#N)cc4)cc3)cc2)ccc(C(=O)Nc2ccc(C(=O)O)cc2)c1O. The summed E-state index contributed by atoms with van der Waals surface area (Å²) in [5.74, 6) is -5.89. The molecule has 0 saturated heterocycles. The number of primary amides is 1. The van der Waals surface area contributed by atoms with Gasteiger partial charge in [-0.1, -0.05) is 12.1 Å². The summed E-state index contributed by atoms with van der Waals surface area (Å²) in [6.45, 7) is 3.36. The average Bonchev–Trinajstić information content (AvgIpc) is 3.22. The molecule has 9 N–H and O–H groups in total. The van der Waals surface area contributed by atoms with E-state index in [2.05, 4.69) is 26.6 Å². The fourth-order valence-electron chi connectivity index (χ4n) is 5.68. The van der Waals surface area contributed by atoms with Crippen molar-refractivity contribution in [3.63, 3.8) is 0 Å². The minimum atomic E-state index is -1.38. The smallest absolute Gasteiger partial charge is 0.335 e. The molecule has 5 rings (SSSR count). The number of benzene rings is 5. The number of nitriles is 1. The maximum atomic E-state index is 13.3. The van der Waals surface area contributed by atoms with Gasteiger partial charge in [0.2, 0.25) is 17.7 Å². The first-order valence-electron chi connectivity index (χ1n) is 18.5. The first kappa shape index (κ1) is 43.6. The summed E-state index contributed by atoms with van der Waals surface area (Å²) in [7, 11) is 0. The van der Waals surface area contributed by atoms with Crippen molar-refractivity contribution in [2.24, 2.45) is 5.73 Å². The molecule has 0 radical (unpaired) electrons. The Morgan fingerprint density at radius 3 is 1.75 bits per heavy atom. The van der Waals surface area contributed by atoms with Crippen molar-refractivity contribution < 1.29 is 48.5 Å². The van der Waals surface area contributed by atoms with Crippen LogP contribution in [0.1, 0.15) is 72.8 Å². The minimum absolute atomic E-state index is 0.0204. The quantitative estimate of drug-likeness (QED) is 0.0652. The molecule has 0 aliphatic heterocycles. The molecule has 5 aromatic carbocycles. The van der Waals surface area contributed by atoms with E-state index in [9.17, 15) is 38.7 Å². The molecular formula is C44H39N7O10. The second-order valence-corrected chi connectivity index (χ2v) is 13.7. The molecule has 0 saturated carbocycles. The average molecular weight is 826 g/mol. The van der Waals surface area contributed by atoms with Crippen LogP contribution < -0.4 is 37.1 Å². The van der Waals surface area contributed by atoms with Gasteiger partial charge in [-0.05, 0) is 116 Å². The van der Waals surface area contributed by atoms with Crippen molar-refractivity contribution >= 4 is 64.2 Å². The zero-order valence-electron chi connectivity index (χ0n) is 32.6. The van der Waals surface area contributed by atoms with E-state index in [1.54, 1.807) is 38.1 Å². The highest BCUT2D eigenvalue weighted by molar-refractivity contribution is 6.10. The van der Waals surface area contributed by atoms with E-state index in [0.29, 0.717) is 16.8 Å². The van der Waals surface area contributed by atoms with E-state index in [-0.39, 0.29) is 57.4 Å². The highest BCUT2D eigenvalue weighted by Gasteiger charge is 2.25. The summed E-state index contributed by atoms with van der Waals surface area (Å²) in [5, 5.41) is 42.1. The molecule has 1 atom stereocenters. The van der Waals surface area contributed by atoms with Gasteiger partial charge >= 0.3 is 5.97 Å². The van der Waals surface area contributed by atoms with Crippen LogP contribution in [-0.2, 0) is 20.8 Å². The molecule has 61 heavy (non-hydrogen) atoms. The molecule has 0 aliphatic carbocycles. The fraction of sp³-hybridized carbons (Fsp3) is 0.136. The number of rotatable bonds is 16. The van der Waals surface area contributed by atoms with Gasteiger partial charge in [-0.25, -0.2) is 4.79 Å². The van der Waals surface area contributed by atoms with E-state index in [1.165, 1.54) is 84.9 Å². The fourth-order valence-corrected chi connectivity index (χ4v) is 5.68. The number of nitrogens with two attached hydrogens (primary N) is 1. The van der Waals surface area contributed by atoms with Gasteiger partial charge in [0.15, 0.2) is 11.5 Å². The number of ether oxygens (including phenoxy) is 1. The maximum absolute atomic E-state index is 13.3. The topological polar surface area (TPSA) is 279 Å². The van der Waals surface area contributed by atoms with Gasteiger partial charge in [0.1, 0.15) is 6.04 Å². The Kier molecular flexibility index (Phi) is 14.1. The molecule has 0 aliphatic rings. The van der Waals surface area contributed by atoms with Crippen LogP contribution in [0.25, 0.3) is 0 Å². The van der Waals surface area contributed by atoms with Crippen LogP contribution in [0.15, 0.2) is 109 Å². The summed E-state index contributed by atoms with van der Waals surface area (Å²) in [6.07, 6.45) is -0.957. The summed E-state index contributed by atoms with van der Waals surface area (Å²) in [6, 6.07) is 26.7. The number of carbonyl (C=O) groups excluding carboxylic acids is 6. The van der Waals surface area contributed by atoms with Crippen molar-refractivity contribution in [2.45, 2.75) is 38.8 Å². The molecule has 17 nitrogen and oxygen atoms in total. The predicted octanol–water partition coefficient (Wildman–Crippen LogP) is 5.05. The van der Waals surface area contributed by atoms with Crippen molar-refractivity contribution in [3.8, 4) is 17.6 Å². The molecule has 5 aromatic rings. The highest BCUT2D eigenvalue weighted by Crippen LogP contribution is 2.39. The van der Waals surface area contributed by atoms with Crippen LogP contribution in [0.2, 0.25) is 0 Å². The lowest BCUT2D eigenvalue weighted by atomic mass is 10.1. The molecular weight excluding hydrogens is 787 g/mol. The second kappa shape index (κ2) is 19.8. The predicted molar refractivity (Wildman–Crippen MR) is 223 cm³/mol. The number of carboxylic acids is 1. The lowest BCUT2D eigenvalue weighted by molar-refractivity contribution is -0.123. The third kappa shape index (κ3) is 12.0. The Balaban J connectivity index is 1.20. The summed E-state index contributed by atoms with van der Waals surface area (Å²) in [5.41, 5.74) is 7.57. The van der Waals surface area contributed by atoms with Crippen LogP contribution in [0.3, 0.4) is 0 Å². The third-order valence-corrected chi connectivity index (χ3v) is 8.69. The third-order valence-electron chi connectivity index (χ3n) is 8.69. The van der Waals surface area contributed by atoms with Crippen molar-refractivity contribution in [3.05, 3.63) is 143 Å². The van der Waals surface area contributed by atoms with Gasteiger partial charge in [0, 0.05) is 28.2 Å². The zero-order valence-corrected chi connectivity index (χ0v) is 32.6. The van der Waals surface area contributed by atoms with Crippen molar-refractivity contribution in [2.75, 3.05) is 21.3 Å². The van der Waals surface area contributed by atoms with Crippen LogP contribution in [0.4, 0.5) is 22.7 Å². The van der Waals surface area contributed by atoms with Crippen LogP contribution in [0.5, 0.6) is 11.5 Å². The number of nitrogens with one attached hydrogen (secondary N) is 5. The van der Waals surface area contributed by atoms with Crippen LogP contribution >= 0.6 is 0 Å². The molecule has 0 heterocycles. The Hall–Kier alpha value is -8.52. The Bertz CT molecular complexity index is 2520. The maximum Gasteiger partial charge on any atom is 0.335 e. The monoisotopic (exact) mass is 825 g/mol. The number of carboxylic acid groups (broad SMARTS) is 1. The number of phenolic OH excluding ortho intramolecular Hbond substituents is 1. The molecule has 0 fully saturated rings. The number of amides is 6. The summed E-state index contributed by atoms with van der Waals surface area (Å²) in [4.78, 5) is 88.2. The molecule has 0 spiro atoms. The molecule has 310 valence electrons. The number of anilines is 4. The Labute approximate surface area is 348 Å². The molecule has 0 bridgehead atoms. The summed E-state index contributed by atoms with van der Waals surface area (Å²) < 4.78 is 5.76. The zero-order chi connectivity index (χ0) is 44.2. The number of phenols is 1. The Morgan fingerprint density at radius 1 is 0.672 bits per heavy atom. The molecule has 0 aromatic heterocycles. The van der Waals surface area contributed by atoms with E-state index in [0.717, 1.165) is 0 Å². The number of aromatic hydroxyl groups is 1. The van der Waals surface area contributed by atoms with Gasteiger partial charge < -0.3 is 47.3 Å². The van der Waals surface area contributed by atoms with Gasteiger partial charge in [-0.3, -0.25) is 28.8 Å². The second-order valence-electron chi connectivity index (χ2n) is 13.7. The van der Waals surface area contributed by atoms with E-state index in [1.807, 2.05) is 6.07 Å². The Morgan fingerprint density at radius 2 is 1.21 bits per heavy atom. The number of carbonyl (C=O) groups is 7. The largest absolute Gasteiger partial charge is 0.504 e.